The van der Waals surface area contributed by atoms with Crippen molar-refractivity contribution in [1.29, 1.82) is 0 Å². The lowest BCUT2D eigenvalue weighted by Crippen LogP contribution is -2.50. The van der Waals surface area contributed by atoms with E-state index in [9.17, 15) is 4.79 Å². The Balaban J connectivity index is 1.97. The van der Waals surface area contributed by atoms with Crippen molar-refractivity contribution in [3.63, 3.8) is 0 Å². The van der Waals surface area contributed by atoms with E-state index < -0.39 is 6.17 Å². The number of para-hydroxylation sites is 1. The molecule has 2 aliphatic rings. The van der Waals surface area contributed by atoms with Gasteiger partial charge in [-0.3, -0.25) is 15.1 Å². The third-order valence-corrected chi connectivity index (χ3v) is 4.67. The molecular weight excluding hydrogens is 336 g/mol. The maximum Gasteiger partial charge on any atom is 0.276 e. The Bertz CT molecular complexity index is 1000. The number of methoxy groups -OCH3 is 1. The first-order chi connectivity index (χ1) is 12.2. The average Bonchev–Trinajstić information content (AvgIpc) is 2.66. The molecule has 1 N–H and O–H groups in total. The molecular formula is C18H16N4O2S. The van der Waals surface area contributed by atoms with Gasteiger partial charge in [0.2, 0.25) is 0 Å². The van der Waals surface area contributed by atoms with Gasteiger partial charge in [0.15, 0.2) is 11.3 Å². The highest BCUT2D eigenvalue weighted by molar-refractivity contribution is 8.13. The van der Waals surface area contributed by atoms with Gasteiger partial charge in [0.05, 0.1) is 12.5 Å². The van der Waals surface area contributed by atoms with Gasteiger partial charge in [-0.15, -0.1) is 5.10 Å². The first-order valence-corrected chi connectivity index (χ1v) is 8.98. The molecule has 126 valence electrons. The number of hydrazone groups is 1. The zero-order valence-corrected chi connectivity index (χ0v) is 14.6. The summed E-state index contributed by atoms with van der Waals surface area (Å²) in [4.78, 5) is 17.5. The lowest BCUT2D eigenvalue weighted by atomic mass is 10.1. The van der Waals surface area contributed by atoms with Gasteiger partial charge in [-0.25, -0.2) is 5.01 Å². The first-order valence-electron chi connectivity index (χ1n) is 7.75. The minimum absolute atomic E-state index is 0.172. The number of thioether (sulfide) groups is 1. The zero-order valence-electron chi connectivity index (χ0n) is 13.8. The van der Waals surface area contributed by atoms with E-state index in [2.05, 4.69) is 10.4 Å². The highest BCUT2D eigenvalue weighted by atomic mass is 32.2. The molecule has 0 spiro atoms. The molecule has 0 bridgehead atoms. The predicted molar refractivity (Wildman–Crippen MR) is 97.3 cm³/mol. The van der Waals surface area contributed by atoms with Crippen molar-refractivity contribution >= 4 is 28.5 Å². The number of benzene rings is 2. The van der Waals surface area contributed by atoms with Crippen LogP contribution in [0.25, 0.3) is 5.70 Å². The lowest BCUT2D eigenvalue weighted by molar-refractivity contribution is -0.116. The Morgan fingerprint density at radius 3 is 2.84 bits per heavy atom. The second kappa shape index (κ2) is 6.25. The van der Waals surface area contributed by atoms with Crippen molar-refractivity contribution in [2.45, 2.75) is 6.17 Å². The zero-order chi connectivity index (χ0) is 17.4. The fourth-order valence-electron chi connectivity index (χ4n) is 2.94. The van der Waals surface area contributed by atoms with E-state index in [1.807, 2.05) is 54.8 Å². The lowest BCUT2D eigenvalue weighted by Gasteiger charge is -2.33. The number of hydrogen-bond donors (Lipinski definition) is 1. The highest BCUT2D eigenvalue weighted by Crippen LogP contribution is 2.31. The van der Waals surface area contributed by atoms with Gasteiger partial charge in [-0.2, -0.15) is 0 Å². The van der Waals surface area contributed by atoms with E-state index in [1.54, 1.807) is 12.1 Å². The molecule has 0 aliphatic carbocycles. The molecule has 25 heavy (non-hydrogen) atoms. The van der Waals surface area contributed by atoms with E-state index >= 15 is 0 Å². The molecule has 0 saturated carbocycles. The topological polar surface area (TPSA) is 66.3 Å². The maximum absolute atomic E-state index is 12.7. The second-order valence-electron chi connectivity index (χ2n) is 5.55. The largest absolute Gasteiger partial charge is 0.497 e. The molecule has 0 unspecified atom stereocenters. The van der Waals surface area contributed by atoms with Crippen LogP contribution in [0.2, 0.25) is 0 Å². The van der Waals surface area contributed by atoms with Gasteiger partial charge in [-0.1, -0.05) is 42.1 Å². The third-order valence-electron chi connectivity index (χ3n) is 4.10. The van der Waals surface area contributed by atoms with Crippen molar-refractivity contribution in [2.24, 2.45) is 10.1 Å². The van der Waals surface area contributed by atoms with Crippen LogP contribution in [-0.2, 0) is 4.79 Å². The monoisotopic (exact) mass is 352 g/mol. The van der Waals surface area contributed by atoms with Crippen molar-refractivity contribution in [3.05, 3.63) is 64.7 Å². The summed E-state index contributed by atoms with van der Waals surface area (Å²) in [6, 6.07) is 15.3. The van der Waals surface area contributed by atoms with Crippen LogP contribution in [0.5, 0.6) is 5.75 Å². The van der Waals surface area contributed by atoms with Gasteiger partial charge in [0, 0.05) is 10.8 Å². The van der Waals surface area contributed by atoms with Crippen LogP contribution in [0.1, 0.15) is 11.7 Å². The molecule has 1 atom stereocenters. The molecule has 2 aromatic rings. The fraction of sp³-hybridized carbons (Fsp3) is 0.167. The van der Waals surface area contributed by atoms with Crippen LogP contribution in [0.15, 0.2) is 58.6 Å². The first kappa shape index (κ1) is 15.7. The molecule has 2 aliphatic heterocycles. The van der Waals surface area contributed by atoms with Gasteiger partial charge >= 0.3 is 0 Å². The molecule has 1 amide bonds. The Labute approximate surface area is 148 Å². The molecule has 0 fully saturated rings. The number of ether oxygens (including phenoxy) is 1. The summed E-state index contributed by atoms with van der Waals surface area (Å²) in [5.74, 6) is 0.568. The second-order valence-corrected chi connectivity index (χ2v) is 6.35. The Hall–Kier alpha value is -2.80. The average molecular weight is 352 g/mol. The molecule has 0 saturated heterocycles. The number of nitrogens with one attached hydrogen (secondary N) is 1. The van der Waals surface area contributed by atoms with Crippen molar-refractivity contribution in [3.8, 4) is 5.75 Å². The van der Waals surface area contributed by atoms with Gasteiger partial charge in [0.1, 0.15) is 11.4 Å². The van der Waals surface area contributed by atoms with Crippen LogP contribution >= 0.6 is 11.8 Å². The van der Waals surface area contributed by atoms with Crippen LogP contribution in [0, 0.1) is 0 Å². The van der Waals surface area contributed by atoms with Crippen molar-refractivity contribution < 1.29 is 9.53 Å². The minimum atomic E-state index is -0.423. The molecule has 2 aromatic carbocycles. The summed E-state index contributed by atoms with van der Waals surface area (Å²) >= 11 is 1.39. The van der Waals surface area contributed by atoms with Crippen molar-refractivity contribution in [2.75, 3.05) is 13.4 Å². The number of hydrogen-bond acceptors (Lipinski definition) is 6. The van der Waals surface area contributed by atoms with E-state index in [4.69, 9.17) is 9.73 Å². The minimum Gasteiger partial charge on any atom is -0.497 e. The summed E-state index contributed by atoms with van der Waals surface area (Å²) in [6.07, 6.45) is 1.45. The third kappa shape index (κ3) is 2.66. The predicted octanol–water partition coefficient (Wildman–Crippen LogP) is 1.20. The molecule has 4 rings (SSSR count). The number of amides is 1. The maximum atomic E-state index is 12.7. The van der Waals surface area contributed by atoms with Crippen LogP contribution in [-0.4, -0.2) is 29.4 Å². The standard InChI is InChI=1S/C18H16N4O2S/c1-24-12-7-5-6-11(10-12)16-19-14-9-4-3-8-13(14)15-17(23)20-18(25-2)21-22(15)16/h3-10,16H,1-2H3,(H,20,21,23)/t16-/m1/s1. The number of fused-ring (bicyclic) bond motifs is 2. The summed E-state index contributed by atoms with van der Waals surface area (Å²) in [5.41, 5.74) is 1.42. The molecule has 6 nitrogen and oxygen atoms in total. The van der Waals surface area contributed by atoms with E-state index in [-0.39, 0.29) is 5.91 Å². The fourth-order valence-corrected chi connectivity index (χ4v) is 3.30. The number of rotatable bonds is 2. The summed E-state index contributed by atoms with van der Waals surface area (Å²) < 4.78 is 5.33. The quantitative estimate of drug-likeness (QED) is 0.882. The number of carbonyl (C=O) groups is 1. The molecule has 7 heteroatoms. The number of nitrogens with zero attached hydrogens (tertiary/aromatic N) is 3. The van der Waals surface area contributed by atoms with E-state index in [0.29, 0.717) is 10.9 Å². The van der Waals surface area contributed by atoms with Gasteiger partial charge in [0.25, 0.3) is 5.91 Å². The number of amidine groups is 1. The summed E-state index contributed by atoms with van der Waals surface area (Å²) in [7, 11) is 1.63. The summed E-state index contributed by atoms with van der Waals surface area (Å²) in [6.45, 7) is 0. The summed E-state index contributed by atoms with van der Waals surface area (Å²) in [5, 5.41) is 11.2. The van der Waals surface area contributed by atoms with Crippen LogP contribution < -0.4 is 20.6 Å². The van der Waals surface area contributed by atoms with Crippen LogP contribution in [0.4, 0.5) is 0 Å². The smallest absolute Gasteiger partial charge is 0.276 e. The molecule has 0 radical (unpaired) electrons. The van der Waals surface area contributed by atoms with Gasteiger partial charge in [-0.05, 0) is 24.5 Å². The molecule has 0 aromatic heterocycles. The number of carbonyl (C=O) groups excluding carboxylic acids is 1. The Morgan fingerprint density at radius 2 is 2.04 bits per heavy atom. The SMILES string of the molecule is COc1cccc([C@@H]2N=c3ccccc3=C3C(=O)NC(SC)=NN32)c1. The van der Waals surface area contributed by atoms with E-state index in [1.165, 1.54) is 11.8 Å². The normalized spacial score (nSPS) is 18.6. The highest BCUT2D eigenvalue weighted by Gasteiger charge is 2.34. The van der Waals surface area contributed by atoms with E-state index in [0.717, 1.165) is 21.9 Å². The Kier molecular flexibility index (Phi) is 3.93. The Morgan fingerprint density at radius 1 is 1.20 bits per heavy atom. The molecule has 2 heterocycles. The van der Waals surface area contributed by atoms with Crippen molar-refractivity contribution in [1.82, 2.24) is 10.3 Å². The van der Waals surface area contributed by atoms with Crippen LogP contribution in [0.3, 0.4) is 0 Å². The van der Waals surface area contributed by atoms with Gasteiger partial charge < -0.3 is 4.74 Å².